The van der Waals surface area contributed by atoms with Gasteiger partial charge >= 0.3 is 6.36 Å². The van der Waals surface area contributed by atoms with Crippen molar-refractivity contribution >= 4 is 41.0 Å². The van der Waals surface area contributed by atoms with Crippen molar-refractivity contribution in [2.24, 2.45) is 7.05 Å². The number of anilines is 1. The van der Waals surface area contributed by atoms with Gasteiger partial charge in [0.05, 0.1) is 10.6 Å². The van der Waals surface area contributed by atoms with Crippen molar-refractivity contribution in [1.82, 2.24) is 25.5 Å². The highest BCUT2D eigenvalue weighted by atomic mass is 35.5. The predicted molar refractivity (Wildman–Crippen MR) is 108 cm³/mol. The molecule has 3 aromatic rings. The average Bonchev–Trinajstić information content (AvgIpc) is 3.11. The molecular weight excluding hydrogens is 476 g/mol. The van der Waals surface area contributed by atoms with Crippen LogP contribution in [0, 0.1) is 0 Å². The standard InChI is InChI=1S/C18H13Cl2F3N6O3/c1-29-17(26-27-28-29)25-16(31)11-6-7-13(32-18(21,22)23)12(14(11)20)8-24-15(30)9-2-4-10(19)5-3-9/h2-7H,8H2,1H3,(H,24,30)(H,25,26,28,31). The molecule has 0 fully saturated rings. The van der Waals surface area contributed by atoms with Crippen LogP contribution in [0.15, 0.2) is 36.4 Å². The fourth-order valence-electron chi connectivity index (χ4n) is 2.54. The molecule has 0 atom stereocenters. The van der Waals surface area contributed by atoms with Crippen LogP contribution in [0.2, 0.25) is 10.0 Å². The lowest BCUT2D eigenvalue weighted by Crippen LogP contribution is -2.25. The third kappa shape index (κ3) is 5.65. The van der Waals surface area contributed by atoms with Gasteiger partial charge in [-0.05, 0) is 46.8 Å². The zero-order chi connectivity index (χ0) is 23.5. The lowest BCUT2D eigenvalue weighted by molar-refractivity contribution is -0.274. The zero-order valence-electron chi connectivity index (χ0n) is 16.1. The van der Waals surface area contributed by atoms with E-state index < -0.39 is 30.5 Å². The largest absolute Gasteiger partial charge is 0.573 e. The number of benzene rings is 2. The van der Waals surface area contributed by atoms with Crippen molar-refractivity contribution in [3.05, 3.63) is 63.1 Å². The van der Waals surface area contributed by atoms with Crippen LogP contribution in [-0.4, -0.2) is 38.4 Å². The number of halogens is 5. The number of aromatic nitrogens is 4. The van der Waals surface area contributed by atoms with Gasteiger partial charge in [-0.15, -0.1) is 13.2 Å². The number of nitrogens with zero attached hydrogens (tertiary/aromatic N) is 4. The lowest BCUT2D eigenvalue weighted by Gasteiger charge is -2.17. The summed E-state index contributed by atoms with van der Waals surface area (Å²) < 4.78 is 43.7. The highest BCUT2D eigenvalue weighted by molar-refractivity contribution is 6.35. The molecule has 2 amide bonds. The van der Waals surface area contributed by atoms with Crippen LogP contribution in [0.1, 0.15) is 26.3 Å². The fourth-order valence-corrected chi connectivity index (χ4v) is 2.97. The number of aryl methyl sites for hydroxylation is 1. The first-order chi connectivity index (χ1) is 15.0. The number of amides is 2. The van der Waals surface area contributed by atoms with E-state index in [-0.39, 0.29) is 27.7 Å². The van der Waals surface area contributed by atoms with E-state index in [2.05, 4.69) is 30.9 Å². The summed E-state index contributed by atoms with van der Waals surface area (Å²) in [7, 11) is 1.47. The van der Waals surface area contributed by atoms with Gasteiger partial charge in [0.15, 0.2) is 0 Å². The van der Waals surface area contributed by atoms with E-state index >= 15 is 0 Å². The monoisotopic (exact) mass is 488 g/mol. The molecule has 32 heavy (non-hydrogen) atoms. The second kappa shape index (κ2) is 9.40. The summed E-state index contributed by atoms with van der Waals surface area (Å²) in [5.74, 6) is -2.07. The van der Waals surface area contributed by atoms with Gasteiger partial charge in [0.1, 0.15) is 5.75 Å². The van der Waals surface area contributed by atoms with E-state index in [0.29, 0.717) is 5.02 Å². The van der Waals surface area contributed by atoms with Gasteiger partial charge in [-0.3, -0.25) is 14.9 Å². The summed E-state index contributed by atoms with van der Waals surface area (Å²) in [5, 5.41) is 15.4. The molecule has 168 valence electrons. The third-order valence-corrected chi connectivity index (χ3v) is 4.73. The minimum absolute atomic E-state index is 0.0146. The molecule has 0 saturated carbocycles. The average molecular weight is 489 g/mol. The first-order valence-corrected chi connectivity index (χ1v) is 9.45. The highest BCUT2D eigenvalue weighted by Gasteiger charge is 2.33. The number of rotatable bonds is 6. The maximum absolute atomic E-state index is 12.8. The Morgan fingerprint density at radius 3 is 2.38 bits per heavy atom. The molecule has 0 aliphatic heterocycles. The zero-order valence-corrected chi connectivity index (χ0v) is 17.6. The van der Waals surface area contributed by atoms with Crippen LogP contribution in [0.3, 0.4) is 0 Å². The Balaban J connectivity index is 1.89. The maximum Gasteiger partial charge on any atom is 0.573 e. The van der Waals surface area contributed by atoms with Crippen molar-refractivity contribution in [2.45, 2.75) is 12.9 Å². The second-order valence-electron chi connectivity index (χ2n) is 6.22. The molecule has 1 aromatic heterocycles. The molecule has 0 saturated heterocycles. The summed E-state index contributed by atoms with van der Waals surface area (Å²) in [5.41, 5.74) is -0.220. The van der Waals surface area contributed by atoms with Gasteiger partial charge < -0.3 is 10.1 Å². The summed E-state index contributed by atoms with van der Waals surface area (Å²) in [6.45, 7) is -0.460. The topological polar surface area (TPSA) is 111 Å². The lowest BCUT2D eigenvalue weighted by atomic mass is 10.1. The van der Waals surface area contributed by atoms with Crippen LogP contribution >= 0.6 is 23.2 Å². The second-order valence-corrected chi connectivity index (χ2v) is 7.04. The molecule has 0 radical (unpaired) electrons. The Bertz CT molecular complexity index is 1150. The predicted octanol–water partition coefficient (Wildman–Crippen LogP) is 3.60. The van der Waals surface area contributed by atoms with Crippen molar-refractivity contribution in [1.29, 1.82) is 0 Å². The number of hydrogen-bond acceptors (Lipinski definition) is 6. The number of tetrazole rings is 1. The van der Waals surface area contributed by atoms with E-state index in [1.165, 1.54) is 36.0 Å². The molecule has 0 aliphatic carbocycles. The van der Waals surface area contributed by atoms with Gasteiger partial charge in [0.2, 0.25) is 5.95 Å². The fraction of sp³-hybridized carbons (Fsp3) is 0.167. The van der Waals surface area contributed by atoms with E-state index in [4.69, 9.17) is 23.2 Å². The Morgan fingerprint density at radius 2 is 1.78 bits per heavy atom. The highest BCUT2D eigenvalue weighted by Crippen LogP contribution is 2.34. The molecule has 0 unspecified atom stereocenters. The molecule has 14 heteroatoms. The smallest absolute Gasteiger partial charge is 0.405 e. The molecule has 0 bridgehead atoms. The Morgan fingerprint density at radius 1 is 1.09 bits per heavy atom. The summed E-state index contributed by atoms with van der Waals surface area (Å²) in [4.78, 5) is 24.9. The maximum atomic E-state index is 12.8. The van der Waals surface area contributed by atoms with Gasteiger partial charge in [-0.1, -0.05) is 28.3 Å². The van der Waals surface area contributed by atoms with Crippen molar-refractivity contribution in [2.75, 3.05) is 5.32 Å². The van der Waals surface area contributed by atoms with E-state index in [1.807, 2.05) is 0 Å². The number of nitrogens with one attached hydrogen (secondary N) is 2. The van der Waals surface area contributed by atoms with Gasteiger partial charge in [-0.25, -0.2) is 4.68 Å². The number of ether oxygens (including phenoxy) is 1. The summed E-state index contributed by atoms with van der Waals surface area (Å²) >= 11 is 12.0. The number of carbonyl (C=O) groups is 2. The molecule has 0 spiro atoms. The van der Waals surface area contributed by atoms with Crippen LogP contribution in [0.25, 0.3) is 0 Å². The van der Waals surface area contributed by atoms with Crippen LogP contribution in [0.5, 0.6) is 5.75 Å². The third-order valence-electron chi connectivity index (χ3n) is 4.05. The molecule has 3 rings (SSSR count). The molecule has 2 aromatic carbocycles. The van der Waals surface area contributed by atoms with Gasteiger partial charge in [0, 0.05) is 29.7 Å². The minimum Gasteiger partial charge on any atom is -0.405 e. The summed E-state index contributed by atoms with van der Waals surface area (Å²) in [6.07, 6.45) is -5.02. The first-order valence-electron chi connectivity index (χ1n) is 8.69. The van der Waals surface area contributed by atoms with Crippen LogP contribution in [0.4, 0.5) is 19.1 Å². The first kappa shape index (κ1) is 23.3. The molecule has 2 N–H and O–H groups in total. The Kier molecular flexibility index (Phi) is 6.84. The number of hydrogen-bond donors (Lipinski definition) is 2. The van der Waals surface area contributed by atoms with E-state index in [0.717, 1.165) is 12.1 Å². The number of alkyl halides is 3. The SMILES string of the molecule is Cn1nnnc1NC(=O)c1ccc(OC(F)(F)F)c(CNC(=O)c2ccc(Cl)cc2)c1Cl. The van der Waals surface area contributed by atoms with Gasteiger partial charge in [-0.2, -0.15) is 0 Å². The number of carbonyl (C=O) groups excluding carboxylic acids is 2. The normalized spacial score (nSPS) is 11.2. The quantitative estimate of drug-likeness (QED) is 0.548. The van der Waals surface area contributed by atoms with Gasteiger partial charge in [0.25, 0.3) is 11.8 Å². The van der Waals surface area contributed by atoms with Crippen LogP contribution in [-0.2, 0) is 13.6 Å². The van der Waals surface area contributed by atoms with E-state index in [9.17, 15) is 22.8 Å². The molecule has 1 heterocycles. The van der Waals surface area contributed by atoms with Crippen molar-refractivity contribution in [3.63, 3.8) is 0 Å². The van der Waals surface area contributed by atoms with E-state index in [1.54, 1.807) is 0 Å². The summed E-state index contributed by atoms with van der Waals surface area (Å²) in [6, 6.07) is 7.80. The van der Waals surface area contributed by atoms with Crippen molar-refractivity contribution < 1.29 is 27.5 Å². The molecule has 0 aliphatic rings. The molecular formula is C18H13Cl2F3N6O3. The molecule has 9 nitrogen and oxygen atoms in total. The Hall–Kier alpha value is -3.38. The van der Waals surface area contributed by atoms with Crippen molar-refractivity contribution in [3.8, 4) is 5.75 Å². The minimum atomic E-state index is -5.02. The Labute approximate surface area is 188 Å². The van der Waals surface area contributed by atoms with Crippen LogP contribution < -0.4 is 15.4 Å².